The summed E-state index contributed by atoms with van der Waals surface area (Å²) in [4.78, 5) is 11.2. The first-order chi connectivity index (χ1) is 7.54. The molecule has 0 aromatic heterocycles. The third kappa shape index (κ3) is 3.88. The SMILES string of the molecule is CCOC(=O)CC(O)c1ccc(Br)cc1Br. The fourth-order valence-electron chi connectivity index (χ4n) is 1.26. The number of esters is 1. The molecule has 0 aliphatic rings. The molecule has 1 rings (SSSR count). The van der Waals surface area contributed by atoms with Crippen LogP contribution in [0.5, 0.6) is 0 Å². The van der Waals surface area contributed by atoms with Gasteiger partial charge < -0.3 is 9.84 Å². The van der Waals surface area contributed by atoms with Crippen molar-refractivity contribution < 1.29 is 14.6 Å². The largest absolute Gasteiger partial charge is 0.466 e. The number of ether oxygens (including phenoxy) is 1. The first kappa shape index (κ1) is 13.7. The summed E-state index contributed by atoms with van der Waals surface area (Å²) in [5.74, 6) is -0.398. The molecule has 0 aliphatic heterocycles. The van der Waals surface area contributed by atoms with E-state index in [9.17, 15) is 9.90 Å². The van der Waals surface area contributed by atoms with Gasteiger partial charge in [0.15, 0.2) is 0 Å². The molecule has 1 aromatic carbocycles. The van der Waals surface area contributed by atoms with Gasteiger partial charge in [0, 0.05) is 8.95 Å². The summed E-state index contributed by atoms with van der Waals surface area (Å²) in [5, 5.41) is 9.84. The van der Waals surface area contributed by atoms with Crippen molar-refractivity contribution in [1.29, 1.82) is 0 Å². The van der Waals surface area contributed by atoms with Crippen molar-refractivity contribution in [2.75, 3.05) is 6.61 Å². The number of rotatable bonds is 4. The first-order valence-electron chi connectivity index (χ1n) is 4.83. The van der Waals surface area contributed by atoms with E-state index in [2.05, 4.69) is 31.9 Å². The Morgan fingerprint density at radius 2 is 2.19 bits per heavy atom. The summed E-state index contributed by atoms with van der Waals surface area (Å²) in [6.45, 7) is 2.06. The minimum atomic E-state index is -0.846. The minimum Gasteiger partial charge on any atom is -0.466 e. The molecular formula is C11H12Br2O3. The number of hydrogen-bond acceptors (Lipinski definition) is 3. The normalized spacial score (nSPS) is 12.2. The van der Waals surface area contributed by atoms with Gasteiger partial charge in [0.2, 0.25) is 0 Å². The summed E-state index contributed by atoms with van der Waals surface area (Å²) in [6.07, 6.45) is -0.879. The van der Waals surface area contributed by atoms with Crippen molar-refractivity contribution in [3.63, 3.8) is 0 Å². The molecule has 5 heteroatoms. The van der Waals surface area contributed by atoms with Crippen LogP contribution in [0.15, 0.2) is 27.1 Å². The van der Waals surface area contributed by atoms with Gasteiger partial charge in [-0.1, -0.05) is 37.9 Å². The van der Waals surface area contributed by atoms with Crippen LogP contribution < -0.4 is 0 Å². The van der Waals surface area contributed by atoms with E-state index < -0.39 is 12.1 Å². The van der Waals surface area contributed by atoms with Crippen LogP contribution in [0.2, 0.25) is 0 Å². The van der Waals surface area contributed by atoms with Crippen molar-refractivity contribution in [3.8, 4) is 0 Å². The third-order valence-electron chi connectivity index (χ3n) is 1.99. The lowest BCUT2D eigenvalue weighted by Crippen LogP contribution is -2.10. The standard InChI is InChI=1S/C11H12Br2O3/c1-2-16-11(15)6-10(14)8-4-3-7(12)5-9(8)13/h3-5,10,14H,2,6H2,1H3. The molecule has 3 nitrogen and oxygen atoms in total. The highest BCUT2D eigenvalue weighted by molar-refractivity contribution is 9.11. The average molecular weight is 352 g/mol. The Morgan fingerprint density at radius 3 is 2.75 bits per heavy atom. The van der Waals surface area contributed by atoms with Gasteiger partial charge in [0.1, 0.15) is 0 Å². The Hall–Kier alpha value is -0.390. The van der Waals surface area contributed by atoms with Crippen molar-refractivity contribution >= 4 is 37.8 Å². The fourth-order valence-corrected chi connectivity index (χ4v) is 2.57. The van der Waals surface area contributed by atoms with Crippen molar-refractivity contribution in [1.82, 2.24) is 0 Å². The molecule has 0 fully saturated rings. The van der Waals surface area contributed by atoms with Crippen LogP contribution in [0.4, 0.5) is 0 Å². The maximum Gasteiger partial charge on any atom is 0.308 e. The Kier molecular flexibility index (Phi) is 5.44. The molecule has 0 radical (unpaired) electrons. The second-order valence-corrected chi connectivity index (χ2v) is 4.96. The summed E-state index contributed by atoms with van der Waals surface area (Å²) < 4.78 is 6.45. The second kappa shape index (κ2) is 6.37. The van der Waals surface area contributed by atoms with Crippen molar-refractivity contribution in [3.05, 3.63) is 32.7 Å². The third-order valence-corrected chi connectivity index (χ3v) is 3.17. The predicted octanol–water partition coefficient (Wildman–Crippen LogP) is 3.20. The van der Waals surface area contributed by atoms with Gasteiger partial charge in [-0.05, 0) is 24.6 Å². The van der Waals surface area contributed by atoms with E-state index in [1.807, 2.05) is 12.1 Å². The highest BCUT2D eigenvalue weighted by Gasteiger charge is 2.16. The Balaban J connectivity index is 2.72. The van der Waals surface area contributed by atoms with E-state index in [0.717, 1.165) is 8.95 Å². The molecule has 0 saturated carbocycles. The van der Waals surface area contributed by atoms with Crippen LogP contribution in [0.1, 0.15) is 25.0 Å². The Labute approximate surface area is 111 Å². The van der Waals surface area contributed by atoms with E-state index in [1.54, 1.807) is 13.0 Å². The lowest BCUT2D eigenvalue weighted by atomic mass is 10.1. The van der Waals surface area contributed by atoms with E-state index in [-0.39, 0.29) is 6.42 Å². The number of carbonyl (C=O) groups excluding carboxylic acids is 1. The molecular weight excluding hydrogens is 340 g/mol. The van der Waals surface area contributed by atoms with Crippen molar-refractivity contribution in [2.24, 2.45) is 0 Å². The zero-order valence-electron chi connectivity index (χ0n) is 8.74. The number of hydrogen-bond donors (Lipinski definition) is 1. The monoisotopic (exact) mass is 350 g/mol. The van der Waals surface area contributed by atoms with Crippen LogP contribution in [0.3, 0.4) is 0 Å². The van der Waals surface area contributed by atoms with Gasteiger partial charge >= 0.3 is 5.97 Å². The van der Waals surface area contributed by atoms with Gasteiger partial charge in [-0.15, -0.1) is 0 Å². The van der Waals surface area contributed by atoms with Gasteiger partial charge in [-0.2, -0.15) is 0 Å². The lowest BCUT2D eigenvalue weighted by Gasteiger charge is -2.12. The lowest BCUT2D eigenvalue weighted by molar-refractivity contribution is -0.145. The van der Waals surface area contributed by atoms with Crippen LogP contribution >= 0.6 is 31.9 Å². The molecule has 88 valence electrons. The van der Waals surface area contributed by atoms with Gasteiger partial charge in [0.25, 0.3) is 0 Å². The molecule has 0 spiro atoms. The van der Waals surface area contributed by atoms with E-state index in [0.29, 0.717) is 12.2 Å². The summed E-state index contributed by atoms with van der Waals surface area (Å²) in [6, 6.07) is 5.40. The molecule has 0 aliphatic carbocycles. The van der Waals surface area contributed by atoms with Crippen molar-refractivity contribution in [2.45, 2.75) is 19.4 Å². The average Bonchev–Trinajstić information content (AvgIpc) is 2.17. The maximum atomic E-state index is 11.2. The molecule has 16 heavy (non-hydrogen) atoms. The number of benzene rings is 1. The second-order valence-electron chi connectivity index (χ2n) is 3.19. The number of carbonyl (C=O) groups is 1. The summed E-state index contributed by atoms with van der Waals surface area (Å²) >= 11 is 6.65. The maximum absolute atomic E-state index is 11.2. The van der Waals surface area contributed by atoms with Crippen LogP contribution in [0.25, 0.3) is 0 Å². The molecule has 1 unspecified atom stereocenters. The fraction of sp³-hybridized carbons (Fsp3) is 0.364. The molecule has 0 amide bonds. The molecule has 0 saturated heterocycles. The van der Waals surface area contributed by atoms with Crippen LogP contribution in [-0.4, -0.2) is 17.7 Å². The minimum absolute atomic E-state index is 0.0337. The topological polar surface area (TPSA) is 46.5 Å². The molecule has 1 N–H and O–H groups in total. The smallest absolute Gasteiger partial charge is 0.308 e. The molecule has 0 bridgehead atoms. The van der Waals surface area contributed by atoms with Crippen LogP contribution in [-0.2, 0) is 9.53 Å². The molecule has 0 heterocycles. The quantitative estimate of drug-likeness (QED) is 0.847. The van der Waals surface area contributed by atoms with E-state index in [4.69, 9.17) is 4.74 Å². The number of halogens is 2. The summed E-state index contributed by atoms with van der Waals surface area (Å²) in [5.41, 5.74) is 0.677. The number of aliphatic hydroxyl groups excluding tert-OH is 1. The van der Waals surface area contributed by atoms with Gasteiger partial charge in [-0.25, -0.2) is 0 Å². The zero-order chi connectivity index (χ0) is 12.1. The van der Waals surface area contributed by atoms with Crippen LogP contribution in [0, 0.1) is 0 Å². The van der Waals surface area contributed by atoms with E-state index >= 15 is 0 Å². The number of aliphatic hydroxyl groups is 1. The summed E-state index contributed by atoms with van der Waals surface area (Å²) in [7, 11) is 0. The van der Waals surface area contributed by atoms with E-state index in [1.165, 1.54) is 0 Å². The predicted molar refractivity (Wildman–Crippen MR) is 68.1 cm³/mol. The zero-order valence-corrected chi connectivity index (χ0v) is 11.9. The first-order valence-corrected chi connectivity index (χ1v) is 6.41. The highest BCUT2D eigenvalue weighted by atomic mass is 79.9. The Bertz CT molecular complexity index is 379. The Morgan fingerprint density at radius 1 is 1.50 bits per heavy atom. The van der Waals surface area contributed by atoms with Gasteiger partial charge in [-0.3, -0.25) is 4.79 Å². The highest BCUT2D eigenvalue weighted by Crippen LogP contribution is 2.28. The molecule has 1 atom stereocenters. The molecule has 1 aromatic rings. The van der Waals surface area contributed by atoms with Gasteiger partial charge in [0.05, 0.1) is 19.1 Å².